The van der Waals surface area contributed by atoms with Crippen LogP contribution in [0.15, 0.2) is 60.9 Å². The van der Waals surface area contributed by atoms with Gasteiger partial charge < -0.3 is 4.90 Å². The lowest BCUT2D eigenvalue weighted by Crippen LogP contribution is -2.33. The minimum Gasteiger partial charge on any atom is -0.339 e. The van der Waals surface area contributed by atoms with Crippen LogP contribution >= 0.6 is 0 Å². The number of nitrogens with one attached hydrogen (secondary N) is 1. The zero-order valence-electron chi connectivity index (χ0n) is 20.5. The van der Waals surface area contributed by atoms with Crippen LogP contribution in [0.1, 0.15) is 54.0 Å². The van der Waals surface area contributed by atoms with Gasteiger partial charge in [0.15, 0.2) is 0 Å². The van der Waals surface area contributed by atoms with Crippen molar-refractivity contribution in [3.05, 3.63) is 95.1 Å². The molecule has 1 aromatic heterocycles. The molecule has 7 nitrogen and oxygen atoms in total. The molecule has 2 aromatic carbocycles. The number of halogens is 2. The van der Waals surface area contributed by atoms with E-state index < -0.39 is 5.91 Å². The molecule has 1 heterocycles. The van der Waals surface area contributed by atoms with E-state index in [0.29, 0.717) is 35.6 Å². The number of amides is 2. The smallest absolute Gasteiger partial charge is 0.277 e. The monoisotopic (exact) mass is 496 g/mol. The van der Waals surface area contributed by atoms with Gasteiger partial charge in [-0.05, 0) is 61.2 Å². The van der Waals surface area contributed by atoms with Gasteiger partial charge in [0.1, 0.15) is 17.5 Å². The predicted octanol–water partition coefficient (Wildman–Crippen LogP) is 5.06. The van der Waals surface area contributed by atoms with E-state index in [4.69, 9.17) is 5.21 Å². The average Bonchev–Trinajstić information content (AvgIpc) is 2.88. The van der Waals surface area contributed by atoms with Crippen LogP contribution in [-0.2, 0) is 4.79 Å². The highest BCUT2D eigenvalue weighted by atomic mass is 19.1. The third kappa shape index (κ3) is 8.66. The number of hydrogen-bond donors (Lipinski definition) is 2. The van der Waals surface area contributed by atoms with E-state index in [2.05, 4.69) is 9.97 Å². The van der Waals surface area contributed by atoms with Gasteiger partial charge in [-0.15, -0.1) is 0 Å². The topological polar surface area (TPSA) is 95.4 Å². The van der Waals surface area contributed by atoms with Crippen molar-refractivity contribution < 1.29 is 23.6 Å². The minimum atomic E-state index is -0.606. The zero-order chi connectivity index (χ0) is 26.5. The summed E-state index contributed by atoms with van der Waals surface area (Å²) in [5, 5.41) is 8.20. The van der Waals surface area contributed by atoms with Crippen LogP contribution in [0, 0.1) is 18.6 Å². The van der Waals surface area contributed by atoms with Gasteiger partial charge in [0.05, 0.1) is 5.56 Å². The summed E-state index contributed by atoms with van der Waals surface area (Å²) in [5.41, 5.74) is 3.37. The average molecular weight is 497 g/mol. The van der Waals surface area contributed by atoms with E-state index in [-0.39, 0.29) is 23.1 Å². The number of aryl methyl sites for hydroxylation is 1. The maximum Gasteiger partial charge on any atom is 0.277 e. The molecule has 190 valence electrons. The summed E-state index contributed by atoms with van der Waals surface area (Å²) in [7, 11) is 0. The van der Waals surface area contributed by atoms with E-state index in [9.17, 15) is 18.4 Å². The number of nitrogens with zero attached hydrogens (tertiary/aromatic N) is 3. The Morgan fingerprint density at radius 3 is 2.08 bits per heavy atom. The first kappa shape index (κ1) is 28.3. The molecule has 3 rings (SSSR count). The highest BCUT2D eigenvalue weighted by Crippen LogP contribution is 2.22. The molecular weight excluding hydrogens is 466 g/mol. The number of aromatic nitrogens is 2. The van der Waals surface area contributed by atoms with Crippen LogP contribution in [-0.4, -0.2) is 45.0 Å². The highest BCUT2D eigenvalue weighted by Gasteiger charge is 2.19. The van der Waals surface area contributed by atoms with Crippen molar-refractivity contribution in [3.8, 4) is 0 Å². The Morgan fingerprint density at radius 2 is 1.56 bits per heavy atom. The van der Waals surface area contributed by atoms with Crippen LogP contribution in [0.5, 0.6) is 0 Å². The van der Waals surface area contributed by atoms with Crippen molar-refractivity contribution in [2.75, 3.05) is 13.1 Å². The Bertz CT molecular complexity index is 1160. The Morgan fingerprint density at radius 1 is 0.944 bits per heavy atom. The molecule has 0 aliphatic carbocycles. The lowest BCUT2D eigenvalue weighted by Gasteiger charge is -2.23. The van der Waals surface area contributed by atoms with E-state index in [0.717, 1.165) is 12.8 Å². The quantitative estimate of drug-likeness (QED) is 0.197. The normalized spacial score (nSPS) is 10.8. The molecule has 36 heavy (non-hydrogen) atoms. The highest BCUT2D eigenvalue weighted by molar-refractivity contribution is 6.24. The summed E-state index contributed by atoms with van der Waals surface area (Å²) in [5.74, 6) is -0.872. The molecule has 0 unspecified atom stereocenters. The van der Waals surface area contributed by atoms with E-state index in [1.807, 2.05) is 13.8 Å². The molecule has 2 amide bonds. The van der Waals surface area contributed by atoms with Crippen LogP contribution in [0.3, 0.4) is 0 Å². The standard InChI is InChI=1S/C21H23F2NO.C6H7N3O2/c1-3-12-24(13-4-2)21(25)20(17-8-10-18(22)11-9-17)15-16-6-5-7-19(23)14-16;1-4-7-2-5(3-8-4)6(10)9-11/h5-11,14-15H,3-4,12-13H2,1-2H3;2-3,11H,1H3,(H,9,10)/b20-15+;. The van der Waals surface area contributed by atoms with Gasteiger partial charge in [0.2, 0.25) is 0 Å². The van der Waals surface area contributed by atoms with Crippen molar-refractivity contribution in [1.82, 2.24) is 20.3 Å². The maximum absolute atomic E-state index is 13.5. The lowest BCUT2D eigenvalue weighted by molar-refractivity contribution is -0.125. The lowest BCUT2D eigenvalue weighted by atomic mass is 10.0. The number of rotatable bonds is 8. The second-order valence-corrected chi connectivity index (χ2v) is 7.87. The summed E-state index contributed by atoms with van der Waals surface area (Å²) < 4.78 is 26.8. The van der Waals surface area contributed by atoms with Crippen molar-refractivity contribution in [2.45, 2.75) is 33.6 Å². The van der Waals surface area contributed by atoms with Crippen LogP contribution in [0.2, 0.25) is 0 Å². The molecule has 0 bridgehead atoms. The van der Waals surface area contributed by atoms with Gasteiger partial charge in [-0.2, -0.15) is 0 Å². The number of hydroxylamine groups is 1. The zero-order valence-corrected chi connectivity index (χ0v) is 20.5. The van der Waals surface area contributed by atoms with E-state index in [1.165, 1.54) is 42.1 Å². The van der Waals surface area contributed by atoms with Crippen molar-refractivity contribution in [2.24, 2.45) is 0 Å². The SMILES string of the molecule is CCCN(CCC)C(=O)/C(=C/c1cccc(F)c1)c1ccc(F)cc1.Cc1ncc(C(=O)NO)cn1. The fourth-order valence-electron chi connectivity index (χ4n) is 3.26. The molecule has 0 aliphatic heterocycles. The van der Waals surface area contributed by atoms with Gasteiger partial charge in [-0.3, -0.25) is 14.8 Å². The van der Waals surface area contributed by atoms with E-state index in [1.54, 1.807) is 42.2 Å². The molecule has 3 aromatic rings. The first-order valence-corrected chi connectivity index (χ1v) is 11.5. The number of benzene rings is 2. The second-order valence-electron chi connectivity index (χ2n) is 7.87. The van der Waals surface area contributed by atoms with Crippen molar-refractivity contribution in [3.63, 3.8) is 0 Å². The fraction of sp³-hybridized carbons (Fsp3) is 0.259. The van der Waals surface area contributed by atoms with Gasteiger partial charge in [-0.25, -0.2) is 24.2 Å². The van der Waals surface area contributed by atoms with Crippen LogP contribution in [0.4, 0.5) is 8.78 Å². The Kier molecular flexibility index (Phi) is 11.3. The van der Waals surface area contributed by atoms with Gasteiger partial charge in [0.25, 0.3) is 11.8 Å². The summed E-state index contributed by atoms with van der Waals surface area (Å²) in [6, 6.07) is 11.9. The summed E-state index contributed by atoms with van der Waals surface area (Å²) >= 11 is 0. The first-order chi connectivity index (χ1) is 17.3. The molecular formula is C27H30F2N4O3. The number of carbonyl (C=O) groups is 2. The van der Waals surface area contributed by atoms with Crippen LogP contribution < -0.4 is 5.48 Å². The number of hydrogen-bond acceptors (Lipinski definition) is 5. The molecule has 2 N–H and O–H groups in total. The van der Waals surface area contributed by atoms with Gasteiger partial charge in [-0.1, -0.05) is 38.1 Å². The largest absolute Gasteiger partial charge is 0.339 e. The third-order valence-electron chi connectivity index (χ3n) is 4.96. The molecule has 0 saturated heterocycles. The van der Waals surface area contributed by atoms with Gasteiger partial charge >= 0.3 is 0 Å². The molecule has 0 fully saturated rings. The van der Waals surface area contributed by atoms with Crippen molar-refractivity contribution >= 4 is 23.5 Å². The second kappa shape index (κ2) is 14.4. The summed E-state index contributed by atoms with van der Waals surface area (Å²) in [6.07, 6.45) is 6.05. The van der Waals surface area contributed by atoms with Crippen LogP contribution in [0.25, 0.3) is 11.6 Å². The van der Waals surface area contributed by atoms with Gasteiger partial charge in [0, 0.05) is 31.1 Å². The molecule has 0 atom stereocenters. The van der Waals surface area contributed by atoms with Crippen molar-refractivity contribution in [1.29, 1.82) is 0 Å². The Hall–Kier alpha value is -3.98. The molecule has 0 radical (unpaired) electrons. The third-order valence-corrected chi connectivity index (χ3v) is 4.96. The number of carbonyl (C=O) groups excluding carboxylic acids is 2. The maximum atomic E-state index is 13.5. The predicted molar refractivity (Wildman–Crippen MR) is 134 cm³/mol. The molecule has 0 aliphatic rings. The summed E-state index contributed by atoms with van der Waals surface area (Å²) in [4.78, 5) is 33.1. The first-order valence-electron chi connectivity index (χ1n) is 11.5. The molecule has 0 saturated carbocycles. The summed E-state index contributed by atoms with van der Waals surface area (Å²) in [6.45, 7) is 7.04. The molecule has 0 spiro atoms. The Balaban J connectivity index is 0.000000346. The minimum absolute atomic E-state index is 0.125. The van der Waals surface area contributed by atoms with E-state index >= 15 is 0 Å². The Labute approximate surface area is 209 Å². The fourth-order valence-corrected chi connectivity index (χ4v) is 3.26. The molecule has 9 heteroatoms.